The first-order chi connectivity index (χ1) is 9.61. The SMILES string of the molecule is COc1ccc(C(=O)CS(=O)c2ccccc2Cl)cc1. The van der Waals surface area contributed by atoms with Crippen LogP contribution in [-0.4, -0.2) is 22.9 Å². The van der Waals surface area contributed by atoms with Crippen LogP contribution >= 0.6 is 11.6 Å². The predicted molar refractivity (Wildman–Crippen MR) is 80.1 cm³/mol. The lowest BCUT2D eigenvalue weighted by atomic mass is 10.1. The van der Waals surface area contributed by atoms with E-state index in [1.54, 1.807) is 55.6 Å². The molecule has 0 fully saturated rings. The van der Waals surface area contributed by atoms with Gasteiger partial charge in [-0.2, -0.15) is 0 Å². The van der Waals surface area contributed by atoms with Crippen LogP contribution in [0.5, 0.6) is 5.75 Å². The topological polar surface area (TPSA) is 43.4 Å². The lowest BCUT2D eigenvalue weighted by molar-refractivity contribution is 0.102. The van der Waals surface area contributed by atoms with Gasteiger partial charge in [0, 0.05) is 5.56 Å². The molecule has 0 saturated heterocycles. The molecule has 3 nitrogen and oxygen atoms in total. The summed E-state index contributed by atoms with van der Waals surface area (Å²) in [6, 6.07) is 13.5. The van der Waals surface area contributed by atoms with Crippen LogP contribution in [0.4, 0.5) is 0 Å². The number of halogens is 1. The number of Topliss-reactive ketones (excluding diaryl/α,β-unsaturated/α-hetero) is 1. The van der Waals surface area contributed by atoms with Crippen LogP contribution in [-0.2, 0) is 10.8 Å². The van der Waals surface area contributed by atoms with Gasteiger partial charge >= 0.3 is 0 Å². The van der Waals surface area contributed by atoms with Crippen LogP contribution in [0.25, 0.3) is 0 Å². The fraction of sp³-hybridized carbons (Fsp3) is 0.133. The second-order valence-corrected chi connectivity index (χ2v) is 5.90. The number of ether oxygens (including phenoxy) is 1. The second kappa shape index (κ2) is 6.68. The normalized spacial score (nSPS) is 11.9. The van der Waals surface area contributed by atoms with Gasteiger partial charge in [-0.25, -0.2) is 0 Å². The third-order valence-electron chi connectivity index (χ3n) is 2.76. The second-order valence-electron chi connectivity index (χ2n) is 4.07. The summed E-state index contributed by atoms with van der Waals surface area (Å²) in [5.41, 5.74) is 0.506. The summed E-state index contributed by atoms with van der Waals surface area (Å²) in [4.78, 5) is 12.5. The molecule has 0 saturated carbocycles. The summed E-state index contributed by atoms with van der Waals surface area (Å²) >= 11 is 5.97. The largest absolute Gasteiger partial charge is 0.497 e. The maximum Gasteiger partial charge on any atom is 0.175 e. The van der Waals surface area contributed by atoms with Crippen molar-refractivity contribution in [3.8, 4) is 5.75 Å². The van der Waals surface area contributed by atoms with Gasteiger partial charge in [-0.1, -0.05) is 23.7 Å². The zero-order chi connectivity index (χ0) is 14.5. The van der Waals surface area contributed by atoms with Gasteiger partial charge in [-0.15, -0.1) is 0 Å². The molecule has 0 bridgehead atoms. The zero-order valence-electron chi connectivity index (χ0n) is 10.8. The lowest BCUT2D eigenvalue weighted by Crippen LogP contribution is -2.11. The molecule has 0 aliphatic heterocycles. The van der Waals surface area contributed by atoms with Crippen molar-refractivity contribution in [1.82, 2.24) is 0 Å². The molecule has 0 N–H and O–H groups in total. The van der Waals surface area contributed by atoms with E-state index >= 15 is 0 Å². The van der Waals surface area contributed by atoms with E-state index in [1.807, 2.05) is 0 Å². The molecule has 2 rings (SSSR count). The molecule has 0 aromatic heterocycles. The Morgan fingerprint density at radius 1 is 1.15 bits per heavy atom. The number of carbonyl (C=O) groups is 1. The molecule has 1 atom stereocenters. The number of methoxy groups -OCH3 is 1. The highest BCUT2D eigenvalue weighted by Crippen LogP contribution is 2.20. The van der Waals surface area contributed by atoms with E-state index in [2.05, 4.69) is 0 Å². The first-order valence-corrected chi connectivity index (χ1v) is 7.61. The standard InChI is InChI=1S/C15H13ClO3S/c1-19-12-8-6-11(7-9-12)14(17)10-20(18)15-5-3-2-4-13(15)16/h2-9H,10H2,1H3. The summed E-state index contributed by atoms with van der Waals surface area (Å²) in [6.07, 6.45) is 0. The molecule has 104 valence electrons. The van der Waals surface area contributed by atoms with Gasteiger partial charge in [0.2, 0.25) is 0 Å². The fourth-order valence-electron chi connectivity index (χ4n) is 1.69. The van der Waals surface area contributed by atoms with E-state index in [1.165, 1.54) is 0 Å². The van der Waals surface area contributed by atoms with Crippen LogP contribution in [0.2, 0.25) is 5.02 Å². The molecule has 2 aromatic rings. The van der Waals surface area contributed by atoms with Crippen molar-refractivity contribution >= 4 is 28.2 Å². The number of hydrogen-bond acceptors (Lipinski definition) is 3. The maximum atomic E-state index is 12.2. The Morgan fingerprint density at radius 3 is 2.40 bits per heavy atom. The number of rotatable bonds is 5. The minimum atomic E-state index is -1.45. The summed E-state index contributed by atoms with van der Waals surface area (Å²) < 4.78 is 17.2. The van der Waals surface area contributed by atoms with Crippen molar-refractivity contribution < 1.29 is 13.7 Å². The molecule has 5 heteroatoms. The van der Waals surface area contributed by atoms with Crippen molar-refractivity contribution in [3.05, 3.63) is 59.1 Å². The minimum absolute atomic E-state index is 0.0872. The molecule has 2 aromatic carbocycles. The number of benzene rings is 2. The Bertz CT molecular complexity index is 638. The van der Waals surface area contributed by atoms with Gasteiger partial charge in [-0.3, -0.25) is 9.00 Å². The Hall–Kier alpha value is -1.65. The maximum absolute atomic E-state index is 12.2. The quantitative estimate of drug-likeness (QED) is 0.796. The van der Waals surface area contributed by atoms with Crippen molar-refractivity contribution in [3.63, 3.8) is 0 Å². The molecule has 1 unspecified atom stereocenters. The molecule has 0 radical (unpaired) electrons. The Balaban J connectivity index is 2.11. The van der Waals surface area contributed by atoms with Gasteiger partial charge in [0.05, 0.1) is 33.6 Å². The average Bonchev–Trinajstić information content (AvgIpc) is 2.47. The summed E-state index contributed by atoms with van der Waals surface area (Å²) in [5, 5.41) is 0.411. The molecular weight excluding hydrogens is 296 g/mol. The van der Waals surface area contributed by atoms with Crippen LogP contribution in [0.3, 0.4) is 0 Å². The van der Waals surface area contributed by atoms with Crippen molar-refractivity contribution in [1.29, 1.82) is 0 Å². The number of hydrogen-bond donors (Lipinski definition) is 0. The molecule has 20 heavy (non-hydrogen) atoms. The van der Waals surface area contributed by atoms with E-state index < -0.39 is 10.8 Å². The minimum Gasteiger partial charge on any atom is -0.497 e. The molecule has 0 aliphatic carbocycles. The Morgan fingerprint density at radius 2 is 1.80 bits per heavy atom. The average molecular weight is 309 g/mol. The summed E-state index contributed by atoms with van der Waals surface area (Å²) in [5.74, 6) is 0.399. The van der Waals surface area contributed by atoms with Crippen LogP contribution in [0.15, 0.2) is 53.4 Å². The van der Waals surface area contributed by atoms with Crippen LogP contribution in [0, 0.1) is 0 Å². The highest BCUT2D eigenvalue weighted by Gasteiger charge is 2.14. The highest BCUT2D eigenvalue weighted by atomic mass is 35.5. The van der Waals surface area contributed by atoms with E-state index in [4.69, 9.17) is 16.3 Å². The van der Waals surface area contributed by atoms with Gasteiger partial charge in [0.25, 0.3) is 0 Å². The van der Waals surface area contributed by atoms with E-state index in [-0.39, 0.29) is 11.5 Å². The molecule has 0 heterocycles. The Labute approximate surface area is 125 Å². The predicted octanol–water partition coefficient (Wildman–Crippen LogP) is 3.34. The van der Waals surface area contributed by atoms with Crippen molar-refractivity contribution in [2.45, 2.75) is 4.90 Å². The van der Waals surface area contributed by atoms with Crippen LogP contribution in [0.1, 0.15) is 10.4 Å². The third kappa shape index (κ3) is 3.46. The first kappa shape index (κ1) is 14.8. The first-order valence-electron chi connectivity index (χ1n) is 5.92. The summed E-state index contributed by atoms with van der Waals surface area (Å²) in [7, 11) is 0.113. The third-order valence-corrected chi connectivity index (χ3v) is 4.57. The van der Waals surface area contributed by atoms with Gasteiger partial charge in [0.15, 0.2) is 5.78 Å². The van der Waals surface area contributed by atoms with Gasteiger partial charge in [0.1, 0.15) is 5.75 Å². The number of carbonyl (C=O) groups excluding carboxylic acids is 1. The number of ketones is 1. The van der Waals surface area contributed by atoms with Gasteiger partial charge < -0.3 is 4.74 Å². The van der Waals surface area contributed by atoms with Crippen molar-refractivity contribution in [2.24, 2.45) is 0 Å². The molecular formula is C15H13ClO3S. The molecule has 0 aliphatic rings. The van der Waals surface area contributed by atoms with E-state index in [9.17, 15) is 9.00 Å². The van der Waals surface area contributed by atoms with E-state index in [0.29, 0.717) is 21.2 Å². The summed E-state index contributed by atoms with van der Waals surface area (Å²) in [6.45, 7) is 0. The zero-order valence-corrected chi connectivity index (χ0v) is 12.4. The van der Waals surface area contributed by atoms with Crippen LogP contribution < -0.4 is 4.74 Å². The molecule has 0 spiro atoms. The van der Waals surface area contributed by atoms with E-state index in [0.717, 1.165) is 0 Å². The smallest absolute Gasteiger partial charge is 0.175 e. The van der Waals surface area contributed by atoms with Crippen molar-refractivity contribution in [2.75, 3.05) is 12.9 Å². The molecule has 0 amide bonds. The van der Waals surface area contributed by atoms with Gasteiger partial charge in [-0.05, 0) is 36.4 Å². The Kier molecular flexibility index (Phi) is 4.93. The lowest BCUT2D eigenvalue weighted by Gasteiger charge is -2.05. The monoisotopic (exact) mass is 308 g/mol. The fourth-order valence-corrected chi connectivity index (χ4v) is 3.16. The highest BCUT2D eigenvalue weighted by molar-refractivity contribution is 7.86.